The molecule has 0 heterocycles. The Labute approximate surface area is 537 Å². The molecule has 17 nitrogen and oxygen atoms in total. The molecule has 0 aliphatic rings. The summed E-state index contributed by atoms with van der Waals surface area (Å²) in [6.45, 7) is 9.47. The maximum absolute atomic E-state index is 13.0. The number of phosphoric ester groups is 2. The average Bonchev–Trinajstić information content (AvgIpc) is 3.60. The first kappa shape index (κ1) is 86.1. The predicted molar refractivity (Wildman–Crippen MR) is 354 cm³/mol. The fourth-order valence-electron chi connectivity index (χ4n) is 10.4. The van der Waals surface area contributed by atoms with Gasteiger partial charge in [-0.2, -0.15) is 0 Å². The van der Waals surface area contributed by atoms with Crippen LogP contribution in [0.25, 0.3) is 0 Å². The fraction of sp³-hybridized carbons (Fsp3) is 0.942. The Kier molecular flexibility index (Phi) is 59.9. The van der Waals surface area contributed by atoms with E-state index in [2.05, 4.69) is 41.5 Å². The molecule has 0 radical (unpaired) electrons. The molecule has 0 spiro atoms. The van der Waals surface area contributed by atoms with E-state index in [1.807, 2.05) is 0 Å². The first-order valence-electron chi connectivity index (χ1n) is 36.0. The molecule has 3 unspecified atom stereocenters. The van der Waals surface area contributed by atoms with Gasteiger partial charge in [-0.05, 0) is 37.5 Å². The number of rotatable bonds is 68. The minimum Gasteiger partial charge on any atom is -0.462 e. The van der Waals surface area contributed by atoms with E-state index in [9.17, 15) is 43.2 Å². The van der Waals surface area contributed by atoms with Crippen LogP contribution in [0.2, 0.25) is 0 Å². The van der Waals surface area contributed by atoms with Gasteiger partial charge in [0.15, 0.2) is 12.2 Å². The summed E-state index contributed by atoms with van der Waals surface area (Å²) >= 11 is 0. The summed E-state index contributed by atoms with van der Waals surface area (Å²) in [5.41, 5.74) is 0. The van der Waals surface area contributed by atoms with Gasteiger partial charge in [0.2, 0.25) is 0 Å². The van der Waals surface area contributed by atoms with Crippen molar-refractivity contribution in [2.45, 2.75) is 368 Å². The maximum Gasteiger partial charge on any atom is 0.472 e. The van der Waals surface area contributed by atoms with E-state index in [1.165, 1.54) is 161 Å². The Morgan fingerprint density at radius 2 is 0.580 bits per heavy atom. The molecule has 0 rings (SSSR count). The number of aliphatic hydroxyl groups excluding tert-OH is 1. The topological polar surface area (TPSA) is 237 Å². The summed E-state index contributed by atoms with van der Waals surface area (Å²) < 4.78 is 68.1. The number of hydrogen-bond donors (Lipinski definition) is 3. The summed E-state index contributed by atoms with van der Waals surface area (Å²) in [6, 6.07) is 0. The third kappa shape index (κ3) is 61.6. The SMILES string of the molecule is CCCCCCCCCCCCCCCCCC(=O)OC[C@H](COP(=O)(O)OC[C@@H](O)COP(=O)(O)OC[C@@H](COC(=O)CCCCCCC)OC(=O)CCCCCCCCCCC(C)CC)OC(=O)CCCCCCCCCCCCCCCC(C)C. The van der Waals surface area contributed by atoms with Crippen molar-refractivity contribution in [2.24, 2.45) is 11.8 Å². The first-order chi connectivity index (χ1) is 42.4. The van der Waals surface area contributed by atoms with Crippen molar-refractivity contribution in [3.05, 3.63) is 0 Å². The number of hydrogen-bond acceptors (Lipinski definition) is 15. The molecule has 0 aliphatic heterocycles. The molecule has 0 aromatic carbocycles. The van der Waals surface area contributed by atoms with Gasteiger partial charge in [0.05, 0.1) is 26.4 Å². The molecule has 0 aliphatic carbocycles. The van der Waals surface area contributed by atoms with E-state index >= 15 is 0 Å². The standard InChI is InChI=1S/C69H134O17P2/c1-7-10-12-14-15-16-17-18-19-22-25-28-34-40-46-52-67(72)80-58-65(86-68(73)53-47-41-35-29-26-23-20-21-24-27-32-38-43-49-61(4)5)60-84-88(77,78)82-56-63(70)55-81-87(75,76)83-59-64(57-79-66(71)51-45-37-13-11-8-2)85-69(74)54-48-42-36-31-30-33-39-44-50-62(6)9-3/h61-65,70H,7-60H2,1-6H3,(H,75,76)(H,77,78)/t62?,63-,64+,65+/m0/s1. The Balaban J connectivity index is 5.17. The molecule has 3 N–H and O–H groups in total. The van der Waals surface area contributed by atoms with E-state index in [4.69, 9.17) is 37.0 Å². The highest BCUT2D eigenvalue weighted by Gasteiger charge is 2.30. The van der Waals surface area contributed by atoms with Crippen LogP contribution in [-0.4, -0.2) is 96.7 Å². The summed E-state index contributed by atoms with van der Waals surface area (Å²) in [6.07, 6.45) is 46.1. The van der Waals surface area contributed by atoms with Gasteiger partial charge >= 0.3 is 39.5 Å². The van der Waals surface area contributed by atoms with Crippen LogP contribution >= 0.6 is 15.6 Å². The van der Waals surface area contributed by atoms with Crippen molar-refractivity contribution in [1.29, 1.82) is 0 Å². The number of esters is 4. The lowest BCUT2D eigenvalue weighted by Crippen LogP contribution is -2.30. The molecule has 19 heteroatoms. The molecule has 0 saturated heterocycles. The first-order valence-corrected chi connectivity index (χ1v) is 39.0. The molecule has 0 bridgehead atoms. The third-order valence-electron chi connectivity index (χ3n) is 16.3. The minimum atomic E-state index is -4.95. The molecule has 0 saturated carbocycles. The van der Waals surface area contributed by atoms with Crippen molar-refractivity contribution in [3.8, 4) is 0 Å². The van der Waals surface area contributed by atoms with Gasteiger partial charge in [-0.25, -0.2) is 9.13 Å². The van der Waals surface area contributed by atoms with Gasteiger partial charge in [0.1, 0.15) is 19.3 Å². The van der Waals surface area contributed by atoms with Crippen LogP contribution in [0.4, 0.5) is 0 Å². The number of ether oxygens (including phenoxy) is 4. The number of unbranched alkanes of at least 4 members (excludes halogenated alkanes) is 37. The second-order valence-electron chi connectivity index (χ2n) is 25.6. The zero-order valence-electron chi connectivity index (χ0n) is 57.0. The van der Waals surface area contributed by atoms with Gasteiger partial charge in [0.25, 0.3) is 0 Å². The number of aliphatic hydroxyl groups is 1. The summed E-state index contributed by atoms with van der Waals surface area (Å²) in [7, 11) is -9.89. The molecule has 522 valence electrons. The quantitative estimate of drug-likeness (QED) is 0.0222. The van der Waals surface area contributed by atoms with Crippen molar-refractivity contribution < 1.29 is 80.2 Å². The van der Waals surface area contributed by atoms with Crippen LogP contribution in [0.5, 0.6) is 0 Å². The summed E-state index contributed by atoms with van der Waals surface area (Å²) in [5.74, 6) is -0.580. The number of carbonyl (C=O) groups is 4. The highest BCUT2D eigenvalue weighted by atomic mass is 31.2. The molecule has 0 fully saturated rings. The van der Waals surface area contributed by atoms with E-state index in [-0.39, 0.29) is 25.7 Å². The number of carbonyl (C=O) groups excluding carboxylic acids is 4. The Morgan fingerprint density at radius 1 is 0.330 bits per heavy atom. The van der Waals surface area contributed by atoms with E-state index < -0.39 is 97.5 Å². The zero-order chi connectivity index (χ0) is 65.0. The Hall–Kier alpha value is -1.94. The lowest BCUT2D eigenvalue weighted by molar-refractivity contribution is -0.161. The van der Waals surface area contributed by atoms with Crippen molar-refractivity contribution in [1.82, 2.24) is 0 Å². The molecule has 0 amide bonds. The lowest BCUT2D eigenvalue weighted by Gasteiger charge is -2.21. The van der Waals surface area contributed by atoms with Crippen LogP contribution in [0.15, 0.2) is 0 Å². The van der Waals surface area contributed by atoms with Gasteiger partial charge in [-0.15, -0.1) is 0 Å². The van der Waals surface area contributed by atoms with Crippen molar-refractivity contribution in [3.63, 3.8) is 0 Å². The monoisotopic (exact) mass is 1300 g/mol. The number of phosphoric acid groups is 2. The van der Waals surface area contributed by atoms with Gasteiger partial charge in [-0.1, -0.05) is 298 Å². The second kappa shape index (κ2) is 61.3. The summed E-state index contributed by atoms with van der Waals surface area (Å²) in [5, 5.41) is 10.6. The van der Waals surface area contributed by atoms with Crippen LogP contribution < -0.4 is 0 Å². The van der Waals surface area contributed by atoms with Crippen LogP contribution in [0.3, 0.4) is 0 Å². The molecular weight excluding hydrogens is 1160 g/mol. The lowest BCUT2D eigenvalue weighted by atomic mass is 9.99. The van der Waals surface area contributed by atoms with E-state index in [0.717, 1.165) is 108 Å². The molecule has 0 aromatic rings. The van der Waals surface area contributed by atoms with Crippen LogP contribution in [0.1, 0.15) is 350 Å². The third-order valence-corrected chi connectivity index (χ3v) is 18.2. The second-order valence-corrected chi connectivity index (χ2v) is 28.5. The predicted octanol–water partition coefficient (Wildman–Crippen LogP) is 19.6. The van der Waals surface area contributed by atoms with Crippen molar-refractivity contribution >= 4 is 39.5 Å². The largest absolute Gasteiger partial charge is 0.472 e. The van der Waals surface area contributed by atoms with E-state index in [1.54, 1.807) is 0 Å². The Morgan fingerprint density at radius 3 is 0.864 bits per heavy atom. The highest BCUT2D eigenvalue weighted by molar-refractivity contribution is 7.47. The molecule has 6 atom stereocenters. The smallest absolute Gasteiger partial charge is 0.462 e. The van der Waals surface area contributed by atoms with Crippen LogP contribution in [0, 0.1) is 11.8 Å². The summed E-state index contributed by atoms with van der Waals surface area (Å²) in [4.78, 5) is 72.2. The average molecular weight is 1300 g/mol. The van der Waals surface area contributed by atoms with Gasteiger partial charge < -0.3 is 33.8 Å². The highest BCUT2D eigenvalue weighted by Crippen LogP contribution is 2.45. The minimum absolute atomic E-state index is 0.104. The zero-order valence-corrected chi connectivity index (χ0v) is 58.8. The fourth-order valence-corrected chi connectivity index (χ4v) is 12.0. The molecule has 88 heavy (non-hydrogen) atoms. The van der Waals surface area contributed by atoms with Gasteiger partial charge in [-0.3, -0.25) is 37.3 Å². The van der Waals surface area contributed by atoms with Crippen molar-refractivity contribution in [2.75, 3.05) is 39.6 Å². The van der Waals surface area contributed by atoms with Crippen LogP contribution in [-0.2, 0) is 65.4 Å². The maximum atomic E-state index is 13.0. The Bertz CT molecular complexity index is 1720. The van der Waals surface area contributed by atoms with Gasteiger partial charge in [0, 0.05) is 25.7 Å². The van der Waals surface area contributed by atoms with E-state index in [0.29, 0.717) is 25.7 Å². The normalized spacial score (nSPS) is 14.5. The molecular formula is C69H134O17P2. The molecule has 0 aromatic heterocycles.